The number of esters is 1. The lowest BCUT2D eigenvalue weighted by Gasteiger charge is -2.06. The summed E-state index contributed by atoms with van der Waals surface area (Å²) >= 11 is 0. The van der Waals surface area contributed by atoms with Gasteiger partial charge in [-0.25, -0.2) is 10.2 Å². The van der Waals surface area contributed by atoms with E-state index in [1.165, 1.54) is 12.3 Å². The fourth-order valence-electron chi connectivity index (χ4n) is 3.39. The Kier molecular flexibility index (Phi) is 9.02. The van der Waals surface area contributed by atoms with Gasteiger partial charge in [-0.05, 0) is 76.9 Å². The maximum atomic E-state index is 12.1. The first-order chi connectivity index (χ1) is 18.6. The number of nitrogens with zero attached hydrogens (tertiary/aromatic N) is 1. The molecule has 0 saturated heterocycles. The molecule has 1 amide bonds. The number of nitrogens with one attached hydrogen (secondary N) is 1. The summed E-state index contributed by atoms with van der Waals surface area (Å²) in [5, 5.41) is 3.94. The van der Waals surface area contributed by atoms with Crippen molar-refractivity contribution in [3.05, 3.63) is 120 Å². The first kappa shape index (κ1) is 25.9. The molecule has 0 atom stereocenters. The summed E-state index contributed by atoms with van der Waals surface area (Å²) in [7, 11) is 1.60. The summed E-state index contributed by atoms with van der Waals surface area (Å²) in [4.78, 5) is 24.1. The van der Waals surface area contributed by atoms with Crippen LogP contribution >= 0.6 is 0 Å². The fraction of sp³-hybridized carbons (Fsp3) is 0.0645. The molecule has 7 heteroatoms. The van der Waals surface area contributed by atoms with Crippen molar-refractivity contribution in [1.29, 1.82) is 0 Å². The van der Waals surface area contributed by atoms with Crippen molar-refractivity contribution in [1.82, 2.24) is 5.43 Å². The molecule has 0 radical (unpaired) electrons. The molecular formula is C31H26N2O5. The Hall–Kier alpha value is -5.17. The second-order valence-electron chi connectivity index (χ2n) is 8.07. The van der Waals surface area contributed by atoms with Crippen LogP contribution in [0.25, 0.3) is 17.2 Å². The van der Waals surface area contributed by atoms with Gasteiger partial charge in [-0.1, -0.05) is 54.6 Å². The minimum absolute atomic E-state index is 0.166. The zero-order valence-electron chi connectivity index (χ0n) is 20.7. The van der Waals surface area contributed by atoms with Crippen LogP contribution in [0.1, 0.15) is 11.1 Å². The van der Waals surface area contributed by atoms with Gasteiger partial charge < -0.3 is 14.2 Å². The third kappa shape index (κ3) is 7.93. The van der Waals surface area contributed by atoms with Crippen LogP contribution in [-0.2, 0) is 9.59 Å². The first-order valence-electron chi connectivity index (χ1n) is 11.8. The number of hydrogen-bond acceptors (Lipinski definition) is 6. The van der Waals surface area contributed by atoms with E-state index in [9.17, 15) is 9.59 Å². The Balaban J connectivity index is 1.19. The van der Waals surface area contributed by atoms with Gasteiger partial charge in [-0.2, -0.15) is 5.10 Å². The Labute approximate surface area is 221 Å². The second-order valence-corrected chi connectivity index (χ2v) is 8.07. The van der Waals surface area contributed by atoms with E-state index >= 15 is 0 Å². The lowest BCUT2D eigenvalue weighted by atomic mass is 10.1. The maximum absolute atomic E-state index is 12.1. The van der Waals surface area contributed by atoms with Gasteiger partial charge in [0, 0.05) is 6.08 Å². The van der Waals surface area contributed by atoms with Crippen molar-refractivity contribution in [2.75, 3.05) is 13.7 Å². The molecule has 190 valence electrons. The van der Waals surface area contributed by atoms with Crippen LogP contribution in [-0.4, -0.2) is 31.8 Å². The summed E-state index contributed by atoms with van der Waals surface area (Å²) in [6.07, 6.45) is 4.50. The molecule has 0 saturated carbocycles. The number of methoxy groups -OCH3 is 1. The van der Waals surface area contributed by atoms with Crippen LogP contribution in [0.5, 0.6) is 17.2 Å². The molecule has 38 heavy (non-hydrogen) atoms. The number of hydrogen-bond donors (Lipinski definition) is 1. The van der Waals surface area contributed by atoms with Crippen LogP contribution in [0.3, 0.4) is 0 Å². The van der Waals surface area contributed by atoms with Gasteiger partial charge in [0.15, 0.2) is 6.61 Å². The van der Waals surface area contributed by atoms with E-state index < -0.39 is 5.97 Å². The van der Waals surface area contributed by atoms with Crippen molar-refractivity contribution in [3.63, 3.8) is 0 Å². The topological polar surface area (TPSA) is 86.2 Å². The minimum Gasteiger partial charge on any atom is -0.497 e. The molecular weight excluding hydrogens is 480 g/mol. The number of hydrazone groups is 1. The minimum atomic E-state index is -0.496. The van der Waals surface area contributed by atoms with Gasteiger partial charge in [-0.3, -0.25) is 4.79 Å². The standard InChI is InChI=1S/C31H26N2O5/c1-36-27-14-7-23(8-15-27)11-20-31(35)38-29-16-9-24(10-17-29)21-32-33-30(34)22-37-28-18-12-26(13-19-28)25-5-3-2-4-6-25/h2-21H,22H2,1H3,(H,33,34)/b20-11-,32-21-. The van der Waals surface area contributed by atoms with E-state index in [1.54, 1.807) is 37.5 Å². The third-order valence-electron chi connectivity index (χ3n) is 5.36. The largest absolute Gasteiger partial charge is 0.497 e. The van der Waals surface area contributed by atoms with Crippen LogP contribution < -0.4 is 19.6 Å². The SMILES string of the molecule is COc1ccc(/C=C\C(=O)Oc2ccc(/C=N\NC(=O)COc3ccc(-c4ccccc4)cc3)cc2)cc1. The van der Waals surface area contributed by atoms with Gasteiger partial charge in [0.25, 0.3) is 5.91 Å². The molecule has 0 bridgehead atoms. The summed E-state index contributed by atoms with van der Waals surface area (Å²) in [5.74, 6) is 0.841. The highest BCUT2D eigenvalue weighted by atomic mass is 16.5. The highest BCUT2D eigenvalue weighted by Crippen LogP contribution is 2.22. The normalized spacial score (nSPS) is 10.9. The molecule has 7 nitrogen and oxygen atoms in total. The van der Waals surface area contributed by atoms with Crippen molar-refractivity contribution in [2.24, 2.45) is 5.10 Å². The molecule has 4 aromatic carbocycles. The van der Waals surface area contributed by atoms with Gasteiger partial charge in [0.1, 0.15) is 17.2 Å². The van der Waals surface area contributed by atoms with Crippen molar-refractivity contribution >= 4 is 24.2 Å². The van der Waals surface area contributed by atoms with E-state index in [0.717, 1.165) is 28.0 Å². The average Bonchev–Trinajstić information content (AvgIpc) is 2.97. The van der Waals surface area contributed by atoms with E-state index in [0.29, 0.717) is 11.5 Å². The molecule has 0 unspecified atom stereocenters. The molecule has 0 aliphatic carbocycles. The van der Waals surface area contributed by atoms with Gasteiger partial charge in [-0.15, -0.1) is 0 Å². The van der Waals surface area contributed by atoms with E-state index in [4.69, 9.17) is 14.2 Å². The number of amides is 1. The van der Waals surface area contributed by atoms with E-state index in [1.807, 2.05) is 78.9 Å². The van der Waals surface area contributed by atoms with Gasteiger partial charge >= 0.3 is 5.97 Å². The van der Waals surface area contributed by atoms with Crippen LogP contribution in [0.2, 0.25) is 0 Å². The van der Waals surface area contributed by atoms with Crippen molar-refractivity contribution in [2.45, 2.75) is 0 Å². The first-order valence-corrected chi connectivity index (χ1v) is 11.8. The summed E-state index contributed by atoms with van der Waals surface area (Å²) < 4.78 is 15.9. The molecule has 0 aliphatic heterocycles. The quantitative estimate of drug-likeness (QED) is 0.101. The number of rotatable bonds is 10. The number of carbonyl (C=O) groups is 2. The molecule has 0 aliphatic rings. The summed E-state index contributed by atoms with van der Waals surface area (Å²) in [5.41, 5.74) is 6.17. The Bertz CT molecular complexity index is 1400. The van der Waals surface area contributed by atoms with Gasteiger partial charge in [0.05, 0.1) is 13.3 Å². The Morgan fingerprint density at radius 3 is 2.03 bits per heavy atom. The second kappa shape index (κ2) is 13.2. The summed E-state index contributed by atoms with van der Waals surface area (Å²) in [6.45, 7) is -0.166. The van der Waals surface area contributed by atoms with Crippen LogP contribution in [0.15, 0.2) is 114 Å². The molecule has 4 aromatic rings. The molecule has 0 aromatic heterocycles. The lowest BCUT2D eigenvalue weighted by molar-refractivity contribution is -0.129. The Morgan fingerprint density at radius 2 is 1.34 bits per heavy atom. The maximum Gasteiger partial charge on any atom is 0.336 e. The molecule has 0 heterocycles. The fourth-order valence-corrected chi connectivity index (χ4v) is 3.39. The average molecular weight is 507 g/mol. The number of carbonyl (C=O) groups excluding carboxylic acids is 2. The van der Waals surface area contributed by atoms with E-state index in [2.05, 4.69) is 10.5 Å². The summed E-state index contributed by atoms with van der Waals surface area (Å²) in [6, 6.07) is 31.6. The zero-order valence-corrected chi connectivity index (χ0v) is 20.7. The van der Waals surface area contributed by atoms with E-state index in [-0.39, 0.29) is 12.5 Å². The van der Waals surface area contributed by atoms with Crippen LogP contribution in [0.4, 0.5) is 0 Å². The highest BCUT2D eigenvalue weighted by Gasteiger charge is 2.04. The van der Waals surface area contributed by atoms with Crippen molar-refractivity contribution < 1.29 is 23.8 Å². The molecule has 1 N–H and O–H groups in total. The smallest absolute Gasteiger partial charge is 0.336 e. The van der Waals surface area contributed by atoms with Crippen molar-refractivity contribution in [3.8, 4) is 28.4 Å². The monoisotopic (exact) mass is 506 g/mol. The molecule has 0 fully saturated rings. The Morgan fingerprint density at radius 1 is 0.737 bits per heavy atom. The predicted molar refractivity (Wildman–Crippen MR) is 147 cm³/mol. The third-order valence-corrected chi connectivity index (χ3v) is 5.36. The number of ether oxygens (including phenoxy) is 3. The van der Waals surface area contributed by atoms with Gasteiger partial charge in [0.2, 0.25) is 0 Å². The highest BCUT2D eigenvalue weighted by molar-refractivity contribution is 5.89. The molecule has 4 rings (SSSR count). The van der Waals surface area contributed by atoms with Crippen LogP contribution in [0, 0.1) is 0 Å². The molecule has 0 spiro atoms. The number of benzene rings is 4. The lowest BCUT2D eigenvalue weighted by Crippen LogP contribution is -2.24. The predicted octanol–water partition coefficient (Wildman–Crippen LogP) is 5.51. The zero-order chi connectivity index (χ0) is 26.6.